The van der Waals surface area contributed by atoms with Crippen LogP contribution in [0.5, 0.6) is 0 Å². The minimum Gasteiger partial charge on any atom is -0.389 e. The molecule has 0 aromatic carbocycles. The van der Waals surface area contributed by atoms with Crippen molar-refractivity contribution in [3.05, 3.63) is 11.1 Å². The van der Waals surface area contributed by atoms with Crippen LogP contribution in [0.4, 0.5) is 0 Å². The fourth-order valence-corrected chi connectivity index (χ4v) is 5.56. The summed E-state index contributed by atoms with van der Waals surface area (Å²) in [7, 11) is 0. The Bertz CT molecular complexity index is 419. The topological polar surface area (TPSA) is 20.2 Å². The highest BCUT2D eigenvalue weighted by atomic mass is 16.3. The molecule has 1 N–H and O–H groups in total. The lowest BCUT2D eigenvalue weighted by atomic mass is 9.53. The molecule has 0 radical (unpaired) electrons. The van der Waals surface area contributed by atoms with Crippen LogP contribution < -0.4 is 0 Å². The van der Waals surface area contributed by atoms with Gasteiger partial charge in [0.25, 0.3) is 0 Å². The van der Waals surface area contributed by atoms with Crippen molar-refractivity contribution in [3.8, 4) is 0 Å². The van der Waals surface area contributed by atoms with E-state index in [-0.39, 0.29) is 6.10 Å². The molecule has 0 unspecified atom stereocenters. The molecule has 20 heavy (non-hydrogen) atoms. The summed E-state index contributed by atoms with van der Waals surface area (Å²) in [6.45, 7) is 9.61. The van der Waals surface area contributed by atoms with E-state index in [9.17, 15) is 5.11 Å². The lowest BCUT2D eigenvalue weighted by Crippen LogP contribution is -2.43. The molecular weight excluding hydrogens is 244 g/mol. The van der Waals surface area contributed by atoms with Gasteiger partial charge in [0.05, 0.1) is 6.10 Å². The molecule has 0 aliphatic heterocycles. The Balaban J connectivity index is 1.98. The highest BCUT2D eigenvalue weighted by Gasteiger charge is 2.47. The van der Waals surface area contributed by atoms with Gasteiger partial charge in [-0.25, -0.2) is 0 Å². The quantitative estimate of drug-likeness (QED) is 0.611. The van der Waals surface area contributed by atoms with Crippen LogP contribution in [0.1, 0.15) is 79.1 Å². The number of aliphatic hydroxyl groups is 1. The monoisotopic (exact) mass is 276 g/mol. The van der Waals surface area contributed by atoms with Gasteiger partial charge in [0.15, 0.2) is 0 Å². The maximum Gasteiger partial charge on any atom is 0.0753 e. The molecule has 0 spiro atoms. The molecule has 0 aromatic heterocycles. The van der Waals surface area contributed by atoms with Crippen molar-refractivity contribution >= 4 is 0 Å². The Kier molecular flexibility index (Phi) is 3.56. The molecule has 0 heterocycles. The lowest BCUT2D eigenvalue weighted by molar-refractivity contribution is 0.0179. The smallest absolute Gasteiger partial charge is 0.0753 e. The van der Waals surface area contributed by atoms with Crippen LogP contribution in [0.2, 0.25) is 0 Å². The van der Waals surface area contributed by atoms with Crippen LogP contribution in [0.3, 0.4) is 0 Å². The molecule has 0 amide bonds. The standard InChI is InChI=1S/C19H32O/c1-13-16-8-10-19(4)9-6-5-7-14(19)11-15(12-17(13)20)18(16,2)3/h14-15,17,20H,5-12H2,1-4H3/t14-,15+,17-,19-/m0/s1. The summed E-state index contributed by atoms with van der Waals surface area (Å²) in [5, 5.41) is 10.4. The number of aliphatic hydroxyl groups excluding tert-OH is 1. The van der Waals surface area contributed by atoms with Crippen molar-refractivity contribution in [3.63, 3.8) is 0 Å². The van der Waals surface area contributed by atoms with Gasteiger partial charge in [0, 0.05) is 0 Å². The van der Waals surface area contributed by atoms with Gasteiger partial charge >= 0.3 is 0 Å². The van der Waals surface area contributed by atoms with Gasteiger partial charge in [0.2, 0.25) is 0 Å². The second-order valence-corrected chi connectivity index (χ2v) is 8.66. The highest BCUT2D eigenvalue weighted by molar-refractivity contribution is 5.28. The van der Waals surface area contributed by atoms with E-state index in [0.717, 1.165) is 12.3 Å². The van der Waals surface area contributed by atoms with Gasteiger partial charge < -0.3 is 5.11 Å². The first kappa shape index (κ1) is 14.6. The molecule has 1 heteroatoms. The zero-order valence-electron chi connectivity index (χ0n) is 13.8. The van der Waals surface area contributed by atoms with Gasteiger partial charge in [-0.2, -0.15) is 0 Å². The van der Waals surface area contributed by atoms with E-state index in [4.69, 9.17) is 0 Å². The Morgan fingerprint density at radius 3 is 2.50 bits per heavy atom. The second-order valence-electron chi connectivity index (χ2n) is 8.66. The van der Waals surface area contributed by atoms with Crippen molar-refractivity contribution in [2.24, 2.45) is 22.7 Å². The molecule has 2 bridgehead atoms. The van der Waals surface area contributed by atoms with Crippen LogP contribution in [0.25, 0.3) is 0 Å². The second kappa shape index (κ2) is 4.87. The third kappa shape index (κ3) is 2.17. The van der Waals surface area contributed by atoms with Gasteiger partial charge in [-0.15, -0.1) is 0 Å². The molecule has 3 rings (SSSR count). The molecule has 0 aromatic rings. The summed E-state index contributed by atoms with van der Waals surface area (Å²) in [5.74, 6) is 1.58. The predicted molar refractivity (Wildman–Crippen MR) is 84.5 cm³/mol. The summed E-state index contributed by atoms with van der Waals surface area (Å²) in [6.07, 6.45) is 10.4. The third-order valence-corrected chi connectivity index (χ3v) is 7.33. The number of allylic oxidation sites excluding steroid dienone is 1. The van der Waals surface area contributed by atoms with E-state index >= 15 is 0 Å². The van der Waals surface area contributed by atoms with Crippen molar-refractivity contribution in [2.45, 2.75) is 85.2 Å². The number of fused-ring (bicyclic) bond motifs is 3. The number of hydrogen-bond acceptors (Lipinski definition) is 1. The van der Waals surface area contributed by atoms with E-state index in [2.05, 4.69) is 27.7 Å². The molecule has 114 valence electrons. The summed E-state index contributed by atoms with van der Waals surface area (Å²) >= 11 is 0. The number of hydrogen-bond donors (Lipinski definition) is 1. The molecule has 0 saturated heterocycles. The molecule has 2 saturated carbocycles. The summed E-state index contributed by atoms with van der Waals surface area (Å²) < 4.78 is 0. The SMILES string of the molecule is CC1=C2CC[C@]3(C)CCCC[C@H]3C[C@H](C[C@@H]1O)C2(C)C. The molecule has 2 fully saturated rings. The van der Waals surface area contributed by atoms with Gasteiger partial charge in [-0.3, -0.25) is 0 Å². The van der Waals surface area contributed by atoms with Crippen LogP contribution in [0.15, 0.2) is 11.1 Å². The van der Waals surface area contributed by atoms with E-state index in [1.165, 1.54) is 50.5 Å². The van der Waals surface area contributed by atoms with Crippen LogP contribution in [-0.2, 0) is 0 Å². The van der Waals surface area contributed by atoms with Crippen LogP contribution in [-0.4, -0.2) is 11.2 Å². The predicted octanol–water partition coefficient (Wildman–Crippen LogP) is 5.09. The fourth-order valence-electron chi connectivity index (χ4n) is 5.56. The Hall–Kier alpha value is -0.300. The largest absolute Gasteiger partial charge is 0.389 e. The average molecular weight is 276 g/mol. The zero-order valence-corrected chi connectivity index (χ0v) is 13.8. The van der Waals surface area contributed by atoms with E-state index < -0.39 is 0 Å². The minimum atomic E-state index is -0.170. The molecule has 3 aliphatic rings. The van der Waals surface area contributed by atoms with Crippen LogP contribution >= 0.6 is 0 Å². The molecule has 4 atom stereocenters. The minimum absolute atomic E-state index is 0.170. The van der Waals surface area contributed by atoms with Crippen molar-refractivity contribution in [1.82, 2.24) is 0 Å². The summed E-state index contributed by atoms with van der Waals surface area (Å²) in [4.78, 5) is 0. The molecule has 3 aliphatic carbocycles. The van der Waals surface area contributed by atoms with Gasteiger partial charge in [-0.1, -0.05) is 39.2 Å². The van der Waals surface area contributed by atoms with Crippen molar-refractivity contribution in [1.29, 1.82) is 0 Å². The fraction of sp³-hybridized carbons (Fsp3) is 0.895. The first-order valence-corrected chi connectivity index (χ1v) is 8.73. The Morgan fingerprint density at radius 2 is 1.75 bits per heavy atom. The third-order valence-electron chi connectivity index (χ3n) is 7.33. The molecular formula is C19H32O. The summed E-state index contributed by atoms with van der Waals surface area (Å²) in [6, 6.07) is 0. The maximum atomic E-state index is 10.4. The van der Waals surface area contributed by atoms with Gasteiger partial charge in [-0.05, 0) is 73.7 Å². The first-order valence-electron chi connectivity index (χ1n) is 8.73. The Morgan fingerprint density at radius 1 is 1.00 bits per heavy atom. The average Bonchev–Trinajstić information content (AvgIpc) is 2.37. The summed E-state index contributed by atoms with van der Waals surface area (Å²) in [5.41, 5.74) is 3.76. The van der Waals surface area contributed by atoms with Crippen molar-refractivity contribution in [2.75, 3.05) is 0 Å². The lowest BCUT2D eigenvalue weighted by Gasteiger charge is -2.52. The molecule has 1 nitrogen and oxygen atoms in total. The highest BCUT2D eigenvalue weighted by Crippen LogP contribution is 2.57. The Labute approximate surface area is 124 Å². The normalized spacial score (nSPS) is 44.5. The van der Waals surface area contributed by atoms with E-state index in [0.29, 0.717) is 16.7 Å². The van der Waals surface area contributed by atoms with E-state index in [1.54, 1.807) is 5.57 Å². The van der Waals surface area contributed by atoms with Crippen molar-refractivity contribution < 1.29 is 5.11 Å². The number of rotatable bonds is 0. The maximum absolute atomic E-state index is 10.4. The zero-order chi connectivity index (χ0) is 14.5. The van der Waals surface area contributed by atoms with E-state index in [1.807, 2.05) is 0 Å². The van der Waals surface area contributed by atoms with Gasteiger partial charge in [0.1, 0.15) is 0 Å². The van der Waals surface area contributed by atoms with Crippen LogP contribution in [0, 0.1) is 22.7 Å². The first-order chi connectivity index (χ1) is 9.34.